The number of methoxy groups -OCH3 is 1. The average Bonchev–Trinajstić information content (AvgIpc) is 3.17. The highest BCUT2D eigenvalue weighted by atomic mass is 32.1. The summed E-state index contributed by atoms with van der Waals surface area (Å²) in [4.78, 5) is 29.4. The molecule has 154 valence electrons. The molecule has 2 aliphatic rings. The predicted octanol–water partition coefficient (Wildman–Crippen LogP) is 4.27. The molecule has 0 bridgehead atoms. The fourth-order valence-electron chi connectivity index (χ4n) is 4.09. The van der Waals surface area contributed by atoms with Crippen molar-refractivity contribution in [3.63, 3.8) is 0 Å². The number of hydrogen-bond donors (Lipinski definition) is 1. The first-order chi connectivity index (χ1) is 14.0. The Kier molecular flexibility index (Phi) is 5.85. The second-order valence-electron chi connectivity index (χ2n) is 7.69. The molecule has 1 aromatic heterocycles. The molecule has 7 heteroatoms. The highest BCUT2D eigenvalue weighted by molar-refractivity contribution is 7.14. The summed E-state index contributed by atoms with van der Waals surface area (Å²) in [6.07, 6.45) is 5.48. The van der Waals surface area contributed by atoms with Gasteiger partial charge in [-0.15, -0.1) is 11.3 Å². The Bertz CT molecular complexity index is 921. The third-order valence-electron chi connectivity index (χ3n) is 5.73. The highest BCUT2D eigenvalue weighted by Gasteiger charge is 2.29. The lowest BCUT2D eigenvalue weighted by Gasteiger charge is -2.26. The number of halogens is 1. The van der Waals surface area contributed by atoms with Crippen LogP contribution >= 0.6 is 11.3 Å². The predicted molar refractivity (Wildman–Crippen MR) is 111 cm³/mol. The van der Waals surface area contributed by atoms with Crippen LogP contribution in [0, 0.1) is 11.7 Å². The number of rotatable bonds is 4. The van der Waals surface area contributed by atoms with Crippen LogP contribution in [0.5, 0.6) is 5.75 Å². The summed E-state index contributed by atoms with van der Waals surface area (Å²) in [6.45, 7) is 1.68. The van der Waals surface area contributed by atoms with E-state index in [1.54, 1.807) is 17.4 Å². The van der Waals surface area contributed by atoms with Crippen LogP contribution in [0.3, 0.4) is 0 Å². The maximum Gasteiger partial charge on any atom is 0.263 e. The van der Waals surface area contributed by atoms with Gasteiger partial charge < -0.3 is 15.0 Å². The van der Waals surface area contributed by atoms with E-state index in [0.717, 1.165) is 49.2 Å². The molecule has 2 aromatic rings. The molecular formula is C22H25FN2O3S. The smallest absolute Gasteiger partial charge is 0.263 e. The second kappa shape index (κ2) is 8.53. The van der Waals surface area contributed by atoms with Gasteiger partial charge in [-0.25, -0.2) is 4.39 Å². The average molecular weight is 417 g/mol. The van der Waals surface area contributed by atoms with Gasteiger partial charge in [0.05, 0.1) is 12.0 Å². The van der Waals surface area contributed by atoms with Gasteiger partial charge in [0.15, 0.2) is 11.6 Å². The molecule has 5 nitrogen and oxygen atoms in total. The first kappa shape index (κ1) is 19.9. The molecule has 1 aromatic carbocycles. The molecule has 0 saturated carbocycles. The van der Waals surface area contributed by atoms with Gasteiger partial charge in [-0.2, -0.15) is 0 Å². The Labute approximate surface area is 173 Å². The largest absolute Gasteiger partial charge is 0.494 e. The fraction of sp³-hybridized carbons (Fsp3) is 0.455. The number of nitrogens with one attached hydrogen (secondary N) is 1. The molecule has 1 aliphatic carbocycles. The van der Waals surface area contributed by atoms with Gasteiger partial charge >= 0.3 is 0 Å². The lowest BCUT2D eigenvalue weighted by atomic mass is 9.87. The first-order valence-electron chi connectivity index (χ1n) is 10.1. The molecule has 1 N–H and O–H groups in total. The number of fused-ring (bicyclic) bond motifs is 1. The summed E-state index contributed by atoms with van der Waals surface area (Å²) < 4.78 is 18.8. The minimum Gasteiger partial charge on any atom is -0.494 e. The number of carbonyl (C=O) groups is 2. The topological polar surface area (TPSA) is 58.6 Å². The number of likely N-dealkylation sites (tertiary alicyclic amines) is 1. The summed E-state index contributed by atoms with van der Waals surface area (Å²) >= 11 is 1.57. The normalized spacial score (nSPS) is 18.8. The zero-order valence-corrected chi connectivity index (χ0v) is 17.3. The fourth-order valence-corrected chi connectivity index (χ4v) is 5.27. The molecule has 0 spiro atoms. The third-order valence-corrected chi connectivity index (χ3v) is 6.95. The molecule has 4 rings (SSSR count). The van der Waals surface area contributed by atoms with Gasteiger partial charge in [-0.3, -0.25) is 9.59 Å². The standard InChI is InChI=1S/C22H25FN2O3S/c1-28-18-7-6-16(13-17(18)23)24-21(26)14-5-8-19-15(11-14)12-20(29-19)22(27)25-9-3-2-4-10-25/h6-7,12-14H,2-5,8-11H2,1H3,(H,24,26)/t14-/m0/s1. The Hall–Kier alpha value is -2.41. The Morgan fingerprint density at radius 2 is 2.00 bits per heavy atom. The molecule has 2 heterocycles. The van der Waals surface area contributed by atoms with Crippen LogP contribution in [-0.2, 0) is 17.6 Å². The number of benzene rings is 1. The van der Waals surface area contributed by atoms with Crippen LogP contribution in [0.1, 0.15) is 45.8 Å². The molecule has 1 saturated heterocycles. The number of anilines is 1. The van der Waals surface area contributed by atoms with Crippen molar-refractivity contribution in [3.8, 4) is 5.75 Å². The van der Waals surface area contributed by atoms with Crippen LogP contribution in [0.2, 0.25) is 0 Å². The van der Waals surface area contributed by atoms with Crippen LogP contribution in [0.15, 0.2) is 24.3 Å². The van der Waals surface area contributed by atoms with E-state index in [9.17, 15) is 14.0 Å². The highest BCUT2D eigenvalue weighted by Crippen LogP contribution is 2.34. The van der Waals surface area contributed by atoms with Crippen LogP contribution in [0.4, 0.5) is 10.1 Å². The molecule has 0 radical (unpaired) electrons. The second-order valence-corrected chi connectivity index (χ2v) is 8.83. The number of piperidine rings is 1. The van der Waals surface area contributed by atoms with E-state index in [2.05, 4.69) is 5.32 Å². The number of carbonyl (C=O) groups excluding carboxylic acids is 2. The minimum absolute atomic E-state index is 0.115. The van der Waals surface area contributed by atoms with E-state index in [0.29, 0.717) is 12.1 Å². The Morgan fingerprint density at radius 1 is 1.21 bits per heavy atom. The molecular weight excluding hydrogens is 391 g/mol. The number of aryl methyl sites for hydroxylation is 1. The molecule has 29 heavy (non-hydrogen) atoms. The van der Waals surface area contributed by atoms with Gasteiger partial charge in [-0.1, -0.05) is 0 Å². The van der Waals surface area contributed by atoms with Gasteiger partial charge in [-0.05, 0) is 62.3 Å². The van der Waals surface area contributed by atoms with E-state index < -0.39 is 5.82 Å². The van der Waals surface area contributed by atoms with Crippen molar-refractivity contribution in [2.45, 2.75) is 38.5 Å². The van der Waals surface area contributed by atoms with E-state index in [4.69, 9.17) is 4.74 Å². The van der Waals surface area contributed by atoms with Crippen molar-refractivity contribution < 1.29 is 18.7 Å². The summed E-state index contributed by atoms with van der Waals surface area (Å²) in [6, 6.07) is 6.38. The minimum atomic E-state index is -0.505. The molecule has 2 amide bonds. The van der Waals surface area contributed by atoms with Crippen LogP contribution in [0.25, 0.3) is 0 Å². The summed E-state index contributed by atoms with van der Waals surface area (Å²) in [5.41, 5.74) is 1.52. The van der Waals surface area contributed by atoms with E-state index >= 15 is 0 Å². The number of hydrogen-bond acceptors (Lipinski definition) is 4. The Balaban J connectivity index is 1.41. The zero-order chi connectivity index (χ0) is 20.4. The third kappa shape index (κ3) is 4.29. The monoisotopic (exact) mass is 416 g/mol. The van der Waals surface area contributed by atoms with E-state index in [1.807, 2.05) is 11.0 Å². The molecule has 1 aliphatic heterocycles. The summed E-state index contributed by atoms with van der Waals surface area (Å²) in [5, 5.41) is 2.81. The van der Waals surface area contributed by atoms with Crippen molar-refractivity contribution >= 4 is 28.8 Å². The van der Waals surface area contributed by atoms with Crippen LogP contribution in [-0.4, -0.2) is 36.9 Å². The van der Waals surface area contributed by atoms with Gasteiger partial charge in [0.2, 0.25) is 5.91 Å². The Morgan fingerprint density at radius 3 is 2.72 bits per heavy atom. The van der Waals surface area contributed by atoms with E-state index in [-0.39, 0.29) is 23.5 Å². The SMILES string of the molecule is COc1ccc(NC(=O)[C@H]2CCc3sc(C(=O)N4CCCCC4)cc3C2)cc1F. The first-order valence-corrected chi connectivity index (χ1v) is 10.9. The number of nitrogens with zero attached hydrogens (tertiary/aromatic N) is 1. The zero-order valence-electron chi connectivity index (χ0n) is 16.5. The molecule has 0 unspecified atom stereocenters. The van der Waals surface area contributed by atoms with Crippen LogP contribution < -0.4 is 10.1 Å². The van der Waals surface area contributed by atoms with Crippen molar-refractivity contribution in [2.24, 2.45) is 5.92 Å². The molecule has 1 atom stereocenters. The van der Waals surface area contributed by atoms with Gasteiger partial charge in [0.1, 0.15) is 0 Å². The van der Waals surface area contributed by atoms with Gasteiger partial charge in [0, 0.05) is 35.6 Å². The van der Waals surface area contributed by atoms with Crippen molar-refractivity contribution in [3.05, 3.63) is 45.4 Å². The van der Waals surface area contributed by atoms with Gasteiger partial charge in [0.25, 0.3) is 5.91 Å². The molecule has 1 fully saturated rings. The quantitative estimate of drug-likeness (QED) is 0.810. The summed E-state index contributed by atoms with van der Waals surface area (Å²) in [7, 11) is 1.40. The number of amides is 2. The van der Waals surface area contributed by atoms with Crippen molar-refractivity contribution in [1.82, 2.24) is 4.90 Å². The lowest BCUT2D eigenvalue weighted by Crippen LogP contribution is -2.35. The maximum absolute atomic E-state index is 13.9. The summed E-state index contributed by atoms with van der Waals surface area (Å²) in [5.74, 6) is -0.529. The van der Waals surface area contributed by atoms with E-state index in [1.165, 1.54) is 30.5 Å². The number of thiophene rings is 1. The van der Waals surface area contributed by atoms with Crippen molar-refractivity contribution in [1.29, 1.82) is 0 Å². The lowest BCUT2D eigenvalue weighted by molar-refractivity contribution is -0.120. The number of ether oxygens (including phenoxy) is 1. The maximum atomic E-state index is 13.9. The van der Waals surface area contributed by atoms with Crippen molar-refractivity contribution in [2.75, 3.05) is 25.5 Å².